The molecule has 0 amide bonds. The SMILES string of the molecule is CN(C)c1cccc2ccccc12.c1ccncc1. The van der Waals surface area contributed by atoms with Gasteiger partial charge in [-0.3, -0.25) is 4.98 Å². The lowest BCUT2D eigenvalue weighted by atomic mass is 10.1. The molecule has 3 aromatic rings. The van der Waals surface area contributed by atoms with Crippen LogP contribution in [0.25, 0.3) is 10.8 Å². The van der Waals surface area contributed by atoms with Gasteiger partial charge in [0.2, 0.25) is 0 Å². The quantitative estimate of drug-likeness (QED) is 0.649. The summed E-state index contributed by atoms with van der Waals surface area (Å²) >= 11 is 0. The van der Waals surface area contributed by atoms with Gasteiger partial charge in [-0.2, -0.15) is 0 Å². The van der Waals surface area contributed by atoms with Crippen molar-refractivity contribution in [2.45, 2.75) is 0 Å². The number of rotatable bonds is 1. The number of hydrogen-bond donors (Lipinski definition) is 0. The minimum absolute atomic E-state index is 1.28. The summed E-state index contributed by atoms with van der Waals surface area (Å²) in [6, 6.07) is 20.5. The van der Waals surface area contributed by atoms with E-state index in [4.69, 9.17) is 0 Å². The smallest absolute Gasteiger partial charge is 0.0440 e. The number of pyridine rings is 1. The fraction of sp³-hybridized carbons (Fsp3) is 0.118. The standard InChI is InChI=1S/C12H13N.C5H5N/c1-13(2)12-9-5-7-10-6-3-4-8-11(10)12;1-2-4-6-5-3-1/h3-9H,1-2H3;1-5H. The minimum Gasteiger partial charge on any atom is -0.377 e. The molecule has 0 atom stereocenters. The highest BCUT2D eigenvalue weighted by molar-refractivity contribution is 5.94. The number of benzene rings is 2. The highest BCUT2D eigenvalue weighted by Gasteiger charge is 1.99. The van der Waals surface area contributed by atoms with E-state index in [1.54, 1.807) is 12.4 Å². The zero-order valence-electron chi connectivity index (χ0n) is 11.3. The second-order valence-corrected chi connectivity index (χ2v) is 4.42. The third kappa shape index (κ3) is 3.55. The third-order valence-corrected chi connectivity index (χ3v) is 2.81. The molecule has 0 saturated heterocycles. The molecule has 0 saturated carbocycles. The van der Waals surface area contributed by atoms with Crippen molar-refractivity contribution in [3.05, 3.63) is 73.1 Å². The number of fused-ring (bicyclic) bond motifs is 1. The van der Waals surface area contributed by atoms with Crippen molar-refractivity contribution in [3.63, 3.8) is 0 Å². The molecule has 0 fully saturated rings. The summed E-state index contributed by atoms with van der Waals surface area (Å²) in [5.74, 6) is 0. The van der Waals surface area contributed by atoms with Gasteiger partial charge in [0.25, 0.3) is 0 Å². The first-order valence-corrected chi connectivity index (χ1v) is 6.29. The molecule has 19 heavy (non-hydrogen) atoms. The molecular weight excluding hydrogens is 232 g/mol. The number of nitrogens with zero attached hydrogens (tertiary/aromatic N) is 2. The summed E-state index contributed by atoms with van der Waals surface area (Å²) in [5, 5.41) is 2.61. The van der Waals surface area contributed by atoms with Crippen LogP contribution in [0.4, 0.5) is 5.69 Å². The van der Waals surface area contributed by atoms with Gasteiger partial charge in [0.1, 0.15) is 0 Å². The van der Waals surface area contributed by atoms with Gasteiger partial charge >= 0.3 is 0 Å². The van der Waals surface area contributed by atoms with Crippen LogP contribution in [0, 0.1) is 0 Å². The summed E-state index contributed by atoms with van der Waals surface area (Å²) in [6.07, 6.45) is 3.50. The van der Waals surface area contributed by atoms with Crippen molar-refractivity contribution >= 4 is 16.5 Å². The van der Waals surface area contributed by atoms with Crippen molar-refractivity contribution in [3.8, 4) is 0 Å². The Labute approximate surface area is 114 Å². The van der Waals surface area contributed by atoms with Crippen LogP contribution in [0.3, 0.4) is 0 Å². The van der Waals surface area contributed by atoms with Gasteiger partial charge in [-0.05, 0) is 23.6 Å². The Morgan fingerprint density at radius 1 is 0.737 bits per heavy atom. The van der Waals surface area contributed by atoms with Gasteiger partial charge in [0.15, 0.2) is 0 Å². The highest BCUT2D eigenvalue weighted by Crippen LogP contribution is 2.24. The van der Waals surface area contributed by atoms with Crippen LogP contribution in [0.5, 0.6) is 0 Å². The summed E-state index contributed by atoms with van der Waals surface area (Å²) in [4.78, 5) is 5.93. The predicted molar refractivity (Wildman–Crippen MR) is 82.5 cm³/mol. The first-order chi connectivity index (χ1) is 9.29. The van der Waals surface area contributed by atoms with Gasteiger partial charge in [0.05, 0.1) is 0 Å². The third-order valence-electron chi connectivity index (χ3n) is 2.81. The molecule has 1 heterocycles. The molecule has 3 rings (SSSR count). The number of anilines is 1. The molecule has 0 N–H and O–H groups in total. The summed E-state index contributed by atoms with van der Waals surface area (Å²) < 4.78 is 0. The van der Waals surface area contributed by atoms with Crippen LogP contribution < -0.4 is 4.90 Å². The zero-order chi connectivity index (χ0) is 13.5. The van der Waals surface area contributed by atoms with Crippen LogP contribution in [0.2, 0.25) is 0 Å². The van der Waals surface area contributed by atoms with Crippen LogP contribution >= 0.6 is 0 Å². The molecule has 96 valence electrons. The largest absolute Gasteiger partial charge is 0.377 e. The van der Waals surface area contributed by atoms with Crippen molar-refractivity contribution < 1.29 is 0 Å². The maximum absolute atomic E-state index is 3.78. The topological polar surface area (TPSA) is 16.1 Å². The average Bonchev–Trinajstić information content (AvgIpc) is 2.49. The molecule has 2 heteroatoms. The Balaban J connectivity index is 0.000000186. The minimum atomic E-state index is 1.28. The molecule has 0 radical (unpaired) electrons. The Morgan fingerprint density at radius 3 is 2.00 bits per heavy atom. The van der Waals surface area contributed by atoms with Gasteiger partial charge in [-0.15, -0.1) is 0 Å². The van der Waals surface area contributed by atoms with Crippen LogP contribution in [-0.2, 0) is 0 Å². The molecule has 0 bridgehead atoms. The van der Waals surface area contributed by atoms with E-state index in [0.29, 0.717) is 0 Å². The van der Waals surface area contributed by atoms with E-state index >= 15 is 0 Å². The van der Waals surface area contributed by atoms with Gasteiger partial charge in [-0.1, -0.05) is 42.5 Å². The average molecular weight is 250 g/mol. The van der Waals surface area contributed by atoms with E-state index in [0.717, 1.165) is 0 Å². The van der Waals surface area contributed by atoms with Crippen molar-refractivity contribution in [1.29, 1.82) is 0 Å². The lowest BCUT2D eigenvalue weighted by molar-refractivity contribution is 1.14. The second-order valence-electron chi connectivity index (χ2n) is 4.42. The van der Waals surface area contributed by atoms with Crippen molar-refractivity contribution in [2.24, 2.45) is 0 Å². The number of aromatic nitrogens is 1. The van der Waals surface area contributed by atoms with Crippen LogP contribution in [0.15, 0.2) is 73.1 Å². The van der Waals surface area contributed by atoms with Crippen molar-refractivity contribution in [2.75, 3.05) is 19.0 Å². The van der Waals surface area contributed by atoms with E-state index in [-0.39, 0.29) is 0 Å². The van der Waals surface area contributed by atoms with Gasteiger partial charge in [-0.25, -0.2) is 0 Å². The predicted octanol–water partition coefficient (Wildman–Crippen LogP) is 3.99. The monoisotopic (exact) mass is 250 g/mol. The first kappa shape index (κ1) is 13.1. The normalized spacial score (nSPS) is 9.58. The lowest BCUT2D eigenvalue weighted by Crippen LogP contribution is -2.08. The summed E-state index contributed by atoms with van der Waals surface area (Å²) in [7, 11) is 4.14. The Bertz CT molecular complexity index is 586. The molecule has 0 aliphatic rings. The van der Waals surface area contributed by atoms with Crippen LogP contribution in [0.1, 0.15) is 0 Å². The summed E-state index contributed by atoms with van der Waals surface area (Å²) in [6.45, 7) is 0. The van der Waals surface area contributed by atoms with Gasteiger partial charge in [0, 0.05) is 37.6 Å². The maximum atomic E-state index is 3.78. The Kier molecular flexibility index (Phi) is 4.51. The molecule has 0 aliphatic carbocycles. The molecule has 0 spiro atoms. The Morgan fingerprint density at radius 2 is 1.42 bits per heavy atom. The zero-order valence-corrected chi connectivity index (χ0v) is 11.3. The van der Waals surface area contributed by atoms with Crippen LogP contribution in [-0.4, -0.2) is 19.1 Å². The summed E-state index contributed by atoms with van der Waals surface area (Å²) in [5.41, 5.74) is 1.28. The molecule has 2 nitrogen and oxygen atoms in total. The molecule has 0 unspecified atom stereocenters. The number of hydrogen-bond acceptors (Lipinski definition) is 2. The fourth-order valence-electron chi connectivity index (χ4n) is 1.91. The lowest BCUT2D eigenvalue weighted by Gasteiger charge is -2.14. The van der Waals surface area contributed by atoms with E-state index in [9.17, 15) is 0 Å². The molecular formula is C17H18N2. The van der Waals surface area contributed by atoms with E-state index in [1.807, 2.05) is 18.2 Å². The molecule has 0 aliphatic heterocycles. The van der Waals surface area contributed by atoms with E-state index in [1.165, 1.54) is 16.5 Å². The second kappa shape index (κ2) is 6.55. The van der Waals surface area contributed by atoms with E-state index < -0.39 is 0 Å². The van der Waals surface area contributed by atoms with E-state index in [2.05, 4.69) is 66.4 Å². The fourth-order valence-corrected chi connectivity index (χ4v) is 1.91. The molecule has 1 aromatic heterocycles. The van der Waals surface area contributed by atoms with Gasteiger partial charge < -0.3 is 4.90 Å². The molecule has 2 aromatic carbocycles. The highest BCUT2D eigenvalue weighted by atomic mass is 15.1. The van der Waals surface area contributed by atoms with Crippen molar-refractivity contribution in [1.82, 2.24) is 4.98 Å². The first-order valence-electron chi connectivity index (χ1n) is 6.29. The Hall–Kier alpha value is -2.35. The maximum Gasteiger partial charge on any atom is 0.0440 e.